The fourth-order valence-electron chi connectivity index (χ4n) is 6.67. The van der Waals surface area contributed by atoms with Gasteiger partial charge in [-0.05, 0) is 58.3 Å². The molecule has 8 rings (SSSR count). The number of fused-ring (bicyclic) bond motifs is 9. The van der Waals surface area contributed by atoms with E-state index in [1.807, 2.05) is 11.3 Å². The maximum absolute atomic E-state index is 2.50. The minimum Gasteiger partial charge on any atom is -0.308 e. The summed E-state index contributed by atoms with van der Waals surface area (Å²) in [4.78, 5) is 1.48. The van der Waals surface area contributed by atoms with Crippen LogP contribution < -0.4 is 0 Å². The van der Waals surface area contributed by atoms with Crippen molar-refractivity contribution in [2.24, 2.45) is 0 Å². The van der Waals surface area contributed by atoms with E-state index in [0.717, 1.165) is 6.42 Å². The molecule has 0 fully saturated rings. The predicted octanol–water partition coefficient (Wildman–Crippen LogP) is 9.55. The van der Waals surface area contributed by atoms with Crippen molar-refractivity contribution in [2.75, 3.05) is 0 Å². The normalized spacial score (nSPS) is 16.6. The third kappa shape index (κ3) is 2.48. The Morgan fingerprint density at radius 1 is 0.800 bits per heavy atom. The number of aromatic nitrogens is 1. The molecule has 0 aliphatic heterocycles. The molecule has 0 saturated heterocycles. The molecule has 2 aliphatic carbocycles. The lowest BCUT2D eigenvalue weighted by atomic mass is 9.78. The van der Waals surface area contributed by atoms with Crippen LogP contribution in [0.25, 0.3) is 53.9 Å². The van der Waals surface area contributed by atoms with Gasteiger partial charge in [-0.1, -0.05) is 92.2 Å². The van der Waals surface area contributed by atoms with Gasteiger partial charge in [-0.25, -0.2) is 0 Å². The van der Waals surface area contributed by atoms with Crippen LogP contribution in [0.15, 0.2) is 96.6 Å². The summed E-state index contributed by atoms with van der Waals surface area (Å²) in [5.41, 5.74) is 8.57. The van der Waals surface area contributed by atoms with Gasteiger partial charge in [-0.15, -0.1) is 11.3 Å². The lowest BCUT2D eigenvalue weighted by Gasteiger charge is -2.26. The second-order valence-corrected chi connectivity index (χ2v) is 11.5. The first-order valence-corrected chi connectivity index (χ1v) is 13.3. The van der Waals surface area contributed by atoms with Gasteiger partial charge < -0.3 is 4.57 Å². The van der Waals surface area contributed by atoms with Crippen molar-refractivity contribution in [2.45, 2.75) is 32.1 Å². The summed E-state index contributed by atoms with van der Waals surface area (Å²) in [7, 11) is 0. The summed E-state index contributed by atoms with van der Waals surface area (Å²) >= 11 is 2.00. The Morgan fingerprint density at radius 2 is 1.60 bits per heavy atom. The zero-order chi connectivity index (χ0) is 23.3. The standard InChI is InChI=1S/C33H25NS/c1-33(2)27-13-7-5-12-25(27)31-29(33)26-18-17-24-23-11-6-8-14-28(23)34(30(24)32(26)35-31)22-16-15-20-9-3-4-10-21(20)19-22/h3-6,8-12,14-19H,7,13H2,1-2H3. The summed E-state index contributed by atoms with van der Waals surface area (Å²) in [5.74, 6) is 0. The molecule has 2 heterocycles. The fraction of sp³-hybridized carbons (Fsp3) is 0.152. The van der Waals surface area contributed by atoms with Crippen LogP contribution in [-0.2, 0) is 5.41 Å². The smallest absolute Gasteiger partial charge is 0.0719 e. The van der Waals surface area contributed by atoms with Crippen LogP contribution in [-0.4, -0.2) is 4.57 Å². The number of benzene rings is 4. The van der Waals surface area contributed by atoms with Gasteiger partial charge in [-0.2, -0.15) is 0 Å². The van der Waals surface area contributed by atoms with E-state index in [2.05, 4.69) is 109 Å². The summed E-state index contributed by atoms with van der Waals surface area (Å²) in [6, 6.07) is 29.2. The predicted molar refractivity (Wildman–Crippen MR) is 152 cm³/mol. The van der Waals surface area contributed by atoms with Gasteiger partial charge in [0.15, 0.2) is 0 Å². The van der Waals surface area contributed by atoms with E-state index >= 15 is 0 Å². The minimum atomic E-state index is 0.0845. The largest absolute Gasteiger partial charge is 0.308 e. The molecule has 0 bridgehead atoms. The Bertz CT molecular complexity index is 1920. The highest BCUT2D eigenvalue weighted by atomic mass is 32.1. The molecule has 2 aromatic heterocycles. The molecule has 0 saturated carbocycles. The van der Waals surface area contributed by atoms with Crippen molar-refractivity contribution < 1.29 is 0 Å². The highest BCUT2D eigenvalue weighted by molar-refractivity contribution is 7.21. The Hall–Kier alpha value is -3.62. The van der Waals surface area contributed by atoms with Crippen LogP contribution in [0.4, 0.5) is 0 Å². The molecule has 0 amide bonds. The monoisotopic (exact) mass is 467 g/mol. The van der Waals surface area contributed by atoms with Crippen molar-refractivity contribution >= 4 is 59.6 Å². The first-order valence-electron chi connectivity index (χ1n) is 12.5. The molecule has 0 radical (unpaired) electrons. The lowest BCUT2D eigenvalue weighted by molar-refractivity contribution is 0.613. The summed E-state index contributed by atoms with van der Waals surface area (Å²) in [6.45, 7) is 4.87. The molecule has 6 aromatic rings. The molecule has 2 heteroatoms. The van der Waals surface area contributed by atoms with Crippen molar-refractivity contribution in [1.82, 2.24) is 4.57 Å². The topological polar surface area (TPSA) is 4.93 Å². The van der Waals surface area contributed by atoms with E-state index in [4.69, 9.17) is 0 Å². The molecule has 4 aromatic carbocycles. The maximum atomic E-state index is 2.50. The molecule has 168 valence electrons. The fourth-order valence-corrected chi connectivity index (χ4v) is 8.22. The average molecular weight is 468 g/mol. The van der Waals surface area contributed by atoms with Gasteiger partial charge in [0, 0.05) is 26.8 Å². The van der Waals surface area contributed by atoms with Crippen LogP contribution in [0.2, 0.25) is 0 Å². The van der Waals surface area contributed by atoms with Crippen LogP contribution >= 0.6 is 11.3 Å². The summed E-state index contributed by atoms with van der Waals surface area (Å²) in [6.07, 6.45) is 7.09. The second-order valence-electron chi connectivity index (χ2n) is 10.5. The number of thiophene rings is 1. The lowest BCUT2D eigenvalue weighted by Crippen LogP contribution is -2.17. The molecular weight excluding hydrogens is 442 g/mol. The molecule has 2 aliphatic rings. The van der Waals surface area contributed by atoms with Gasteiger partial charge >= 0.3 is 0 Å². The summed E-state index contributed by atoms with van der Waals surface area (Å²) < 4.78 is 3.92. The third-order valence-corrected chi connectivity index (χ3v) is 9.52. The SMILES string of the molecule is CC1(C)C2=C(C=CCC2)c2sc3c(ccc4c5ccccc5n(-c5ccc6ccccc6c5)c43)c21. The molecule has 0 atom stereocenters. The number of hydrogen-bond donors (Lipinski definition) is 0. The first-order chi connectivity index (χ1) is 17.1. The molecular formula is C33H25NS. The van der Waals surface area contributed by atoms with Crippen LogP contribution in [0, 0.1) is 0 Å². The summed E-state index contributed by atoms with van der Waals surface area (Å²) in [5, 5.41) is 6.65. The van der Waals surface area contributed by atoms with E-state index in [1.165, 1.54) is 70.8 Å². The van der Waals surface area contributed by atoms with E-state index in [-0.39, 0.29) is 5.41 Å². The van der Waals surface area contributed by atoms with E-state index < -0.39 is 0 Å². The molecule has 0 N–H and O–H groups in total. The van der Waals surface area contributed by atoms with Crippen molar-refractivity contribution in [1.29, 1.82) is 0 Å². The van der Waals surface area contributed by atoms with Gasteiger partial charge in [0.2, 0.25) is 0 Å². The van der Waals surface area contributed by atoms with E-state index in [0.29, 0.717) is 0 Å². The third-order valence-electron chi connectivity index (χ3n) is 8.28. The first kappa shape index (κ1) is 19.7. The average Bonchev–Trinajstić information content (AvgIpc) is 3.51. The number of nitrogens with zero attached hydrogens (tertiary/aromatic N) is 1. The number of allylic oxidation sites excluding steroid dienone is 4. The zero-order valence-electron chi connectivity index (χ0n) is 19.9. The van der Waals surface area contributed by atoms with Gasteiger partial charge in [-0.3, -0.25) is 0 Å². The van der Waals surface area contributed by atoms with Crippen molar-refractivity contribution in [3.05, 3.63) is 107 Å². The van der Waals surface area contributed by atoms with E-state index in [1.54, 1.807) is 5.57 Å². The molecule has 0 spiro atoms. The van der Waals surface area contributed by atoms with Crippen molar-refractivity contribution in [3.63, 3.8) is 0 Å². The number of hydrogen-bond acceptors (Lipinski definition) is 1. The number of rotatable bonds is 1. The van der Waals surface area contributed by atoms with Crippen LogP contribution in [0.5, 0.6) is 0 Å². The van der Waals surface area contributed by atoms with Gasteiger partial charge in [0.25, 0.3) is 0 Å². The Morgan fingerprint density at radius 3 is 2.51 bits per heavy atom. The minimum absolute atomic E-state index is 0.0845. The van der Waals surface area contributed by atoms with Gasteiger partial charge in [0.05, 0.1) is 15.7 Å². The number of para-hydroxylation sites is 1. The zero-order valence-corrected chi connectivity index (χ0v) is 20.7. The maximum Gasteiger partial charge on any atom is 0.0719 e. The Kier molecular flexibility index (Phi) is 3.79. The van der Waals surface area contributed by atoms with Crippen LogP contribution in [0.3, 0.4) is 0 Å². The highest BCUT2D eigenvalue weighted by Gasteiger charge is 2.40. The second kappa shape index (κ2) is 6.74. The highest BCUT2D eigenvalue weighted by Crippen LogP contribution is 2.57. The quantitative estimate of drug-likeness (QED) is 0.227. The van der Waals surface area contributed by atoms with Crippen LogP contribution in [0.1, 0.15) is 37.1 Å². The Labute approximate surface area is 208 Å². The van der Waals surface area contributed by atoms with Gasteiger partial charge in [0.1, 0.15) is 0 Å². The molecule has 35 heavy (non-hydrogen) atoms. The molecule has 1 nitrogen and oxygen atoms in total. The van der Waals surface area contributed by atoms with E-state index in [9.17, 15) is 0 Å². The Balaban J connectivity index is 1.53. The van der Waals surface area contributed by atoms with Crippen molar-refractivity contribution in [3.8, 4) is 5.69 Å². The molecule has 0 unspecified atom stereocenters.